The fourth-order valence-corrected chi connectivity index (χ4v) is 2.85. The van der Waals surface area contributed by atoms with E-state index in [0.29, 0.717) is 17.3 Å². The number of aromatic nitrogens is 3. The van der Waals surface area contributed by atoms with Gasteiger partial charge in [0, 0.05) is 54.5 Å². The minimum Gasteiger partial charge on any atom is -0.294 e. The normalized spacial score (nSPS) is 15.5. The third-order valence-electron chi connectivity index (χ3n) is 3.96. The van der Waals surface area contributed by atoms with Crippen LogP contribution in [0.1, 0.15) is 43.4 Å². The zero-order chi connectivity index (χ0) is 16.6. The highest BCUT2D eigenvalue weighted by molar-refractivity contribution is 6.30. The van der Waals surface area contributed by atoms with Crippen molar-refractivity contribution in [1.82, 2.24) is 19.9 Å². The minimum atomic E-state index is -0.361. The summed E-state index contributed by atoms with van der Waals surface area (Å²) >= 11 is 6.06. The van der Waals surface area contributed by atoms with E-state index in [1.165, 1.54) is 6.07 Å². The highest BCUT2D eigenvalue weighted by Crippen LogP contribution is 2.24. The Morgan fingerprint density at radius 1 is 1.26 bits per heavy atom. The Bertz CT molecular complexity index is 727. The molecule has 6 heteroatoms. The molecule has 0 radical (unpaired) electrons. The molecule has 0 amide bonds. The zero-order valence-corrected chi connectivity index (χ0v) is 14.4. The molecule has 0 fully saturated rings. The Balaban J connectivity index is 1.77. The fraction of sp³-hybridized carbons (Fsp3) is 0.471. The third kappa shape index (κ3) is 3.67. The molecule has 0 N–H and O–H groups in total. The Morgan fingerprint density at radius 3 is 2.78 bits per heavy atom. The molecule has 3 rings (SSSR count). The van der Waals surface area contributed by atoms with Gasteiger partial charge < -0.3 is 0 Å². The van der Waals surface area contributed by atoms with Gasteiger partial charge in [-0.2, -0.15) is 0 Å². The molecular formula is C17H20ClFN4. The lowest BCUT2D eigenvalue weighted by Crippen LogP contribution is -2.32. The number of hydrogen-bond donors (Lipinski definition) is 0. The first kappa shape index (κ1) is 16.3. The maximum Gasteiger partial charge on any atom is 0.141 e. The van der Waals surface area contributed by atoms with E-state index in [1.807, 2.05) is 6.20 Å². The molecule has 0 atom stereocenters. The van der Waals surface area contributed by atoms with E-state index >= 15 is 0 Å². The standard InChI is InChI=1S/C17H20ClFN4/c1-17(2,3)16-21-7-12-10-23(5-4-14(12)22-16)9-11-6-13(19)8-20-15(11)18/h6-8H,4-5,9-10H2,1-3H3. The molecule has 0 saturated carbocycles. The van der Waals surface area contributed by atoms with Gasteiger partial charge in [-0.05, 0) is 6.07 Å². The lowest BCUT2D eigenvalue weighted by molar-refractivity contribution is 0.241. The SMILES string of the molecule is CC(C)(C)c1ncc2c(n1)CCN(Cc1cc(F)cnc1Cl)C2. The topological polar surface area (TPSA) is 41.9 Å². The van der Waals surface area contributed by atoms with Gasteiger partial charge in [0.25, 0.3) is 0 Å². The van der Waals surface area contributed by atoms with Crippen molar-refractivity contribution in [2.75, 3.05) is 6.54 Å². The minimum absolute atomic E-state index is 0.0487. The van der Waals surface area contributed by atoms with E-state index in [9.17, 15) is 4.39 Å². The smallest absolute Gasteiger partial charge is 0.141 e. The molecule has 2 aromatic rings. The molecule has 3 heterocycles. The molecular weight excluding hydrogens is 315 g/mol. The summed E-state index contributed by atoms with van der Waals surface area (Å²) in [5, 5.41) is 0.358. The molecule has 0 aromatic carbocycles. The van der Waals surface area contributed by atoms with Crippen LogP contribution < -0.4 is 0 Å². The van der Waals surface area contributed by atoms with E-state index in [4.69, 9.17) is 16.6 Å². The van der Waals surface area contributed by atoms with Crippen LogP contribution in [0.4, 0.5) is 4.39 Å². The predicted molar refractivity (Wildman–Crippen MR) is 87.8 cm³/mol. The van der Waals surface area contributed by atoms with Crippen molar-refractivity contribution in [3.8, 4) is 0 Å². The molecule has 0 bridgehead atoms. The first-order chi connectivity index (χ1) is 10.8. The Labute approximate surface area is 140 Å². The molecule has 0 spiro atoms. The van der Waals surface area contributed by atoms with Crippen LogP contribution in [-0.2, 0) is 24.9 Å². The lowest BCUT2D eigenvalue weighted by atomic mass is 9.95. The average molecular weight is 335 g/mol. The highest BCUT2D eigenvalue weighted by Gasteiger charge is 2.23. The second-order valence-corrected chi connectivity index (χ2v) is 7.34. The maximum atomic E-state index is 13.3. The summed E-state index contributed by atoms with van der Waals surface area (Å²) < 4.78 is 13.3. The summed E-state index contributed by atoms with van der Waals surface area (Å²) in [6.07, 6.45) is 3.92. The first-order valence-corrected chi connectivity index (χ1v) is 8.08. The number of pyridine rings is 1. The van der Waals surface area contributed by atoms with Crippen LogP contribution in [0.2, 0.25) is 5.15 Å². The number of rotatable bonds is 2. The van der Waals surface area contributed by atoms with E-state index in [1.54, 1.807) is 0 Å². The van der Waals surface area contributed by atoms with Crippen LogP contribution in [0.3, 0.4) is 0 Å². The van der Waals surface area contributed by atoms with Gasteiger partial charge in [0.1, 0.15) is 16.8 Å². The Hall–Kier alpha value is -1.59. The molecule has 0 saturated heterocycles. The van der Waals surface area contributed by atoms with Crippen LogP contribution >= 0.6 is 11.6 Å². The first-order valence-electron chi connectivity index (χ1n) is 7.70. The summed E-state index contributed by atoms with van der Waals surface area (Å²) in [5.41, 5.74) is 2.91. The summed E-state index contributed by atoms with van der Waals surface area (Å²) in [7, 11) is 0. The quantitative estimate of drug-likeness (QED) is 0.788. The molecule has 23 heavy (non-hydrogen) atoms. The van der Waals surface area contributed by atoms with Crippen molar-refractivity contribution >= 4 is 11.6 Å². The van der Waals surface area contributed by atoms with Crippen molar-refractivity contribution < 1.29 is 4.39 Å². The van der Waals surface area contributed by atoms with Gasteiger partial charge in [0.2, 0.25) is 0 Å². The summed E-state index contributed by atoms with van der Waals surface area (Å²) in [6, 6.07) is 1.45. The average Bonchev–Trinajstić information content (AvgIpc) is 2.49. The van der Waals surface area contributed by atoms with Gasteiger partial charge in [0.15, 0.2) is 0 Å². The molecule has 0 unspecified atom stereocenters. The van der Waals surface area contributed by atoms with E-state index < -0.39 is 0 Å². The summed E-state index contributed by atoms with van der Waals surface area (Å²) in [5.74, 6) is 0.516. The predicted octanol–water partition coefficient (Wildman–Crippen LogP) is 3.52. The lowest BCUT2D eigenvalue weighted by Gasteiger charge is -2.29. The Morgan fingerprint density at radius 2 is 2.04 bits per heavy atom. The van der Waals surface area contributed by atoms with Crippen molar-refractivity contribution in [3.05, 3.63) is 52.1 Å². The van der Waals surface area contributed by atoms with Gasteiger partial charge in [-0.3, -0.25) is 4.90 Å². The van der Waals surface area contributed by atoms with Crippen LogP contribution in [0, 0.1) is 5.82 Å². The zero-order valence-electron chi connectivity index (χ0n) is 13.6. The van der Waals surface area contributed by atoms with E-state index in [0.717, 1.165) is 42.8 Å². The molecule has 4 nitrogen and oxygen atoms in total. The molecule has 2 aromatic heterocycles. The van der Waals surface area contributed by atoms with Crippen molar-refractivity contribution in [1.29, 1.82) is 0 Å². The largest absolute Gasteiger partial charge is 0.294 e. The van der Waals surface area contributed by atoms with Crippen LogP contribution in [0.5, 0.6) is 0 Å². The molecule has 122 valence electrons. The van der Waals surface area contributed by atoms with Crippen LogP contribution in [0.25, 0.3) is 0 Å². The molecule has 1 aliphatic rings. The maximum absolute atomic E-state index is 13.3. The van der Waals surface area contributed by atoms with E-state index in [-0.39, 0.29) is 11.2 Å². The van der Waals surface area contributed by atoms with E-state index in [2.05, 4.69) is 35.6 Å². The van der Waals surface area contributed by atoms with Gasteiger partial charge in [-0.25, -0.2) is 19.3 Å². The second-order valence-electron chi connectivity index (χ2n) is 6.98. The van der Waals surface area contributed by atoms with Gasteiger partial charge in [-0.1, -0.05) is 32.4 Å². The number of hydrogen-bond acceptors (Lipinski definition) is 4. The highest BCUT2D eigenvalue weighted by atomic mass is 35.5. The van der Waals surface area contributed by atoms with Gasteiger partial charge in [0.05, 0.1) is 6.20 Å². The van der Waals surface area contributed by atoms with Crippen molar-refractivity contribution in [2.45, 2.75) is 45.7 Å². The number of nitrogens with zero attached hydrogens (tertiary/aromatic N) is 4. The van der Waals surface area contributed by atoms with Crippen molar-refractivity contribution in [2.24, 2.45) is 0 Å². The molecule has 0 aliphatic carbocycles. The second kappa shape index (κ2) is 6.13. The van der Waals surface area contributed by atoms with Gasteiger partial charge >= 0.3 is 0 Å². The number of halogens is 2. The third-order valence-corrected chi connectivity index (χ3v) is 4.30. The summed E-state index contributed by atoms with van der Waals surface area (Å²) in [6.45, 7) is 8.52. The Kier molecular flexibility index (Phi) is 4.34. The number of fused-ring (bicyclic) bond motifs is 1. The fourth-order valence-electron chi connectivity index (χ4n) is 2.69. The van der Waals surface area contributed by atoms with Crippen LogP contribution in [0.15, 0.2) is 18.5 Å². The molecule has 1 aliphatic heterocycles. The van der Waals surface area contributed by atoms with Crippen LogP contribution in [-0.4, -0.2) is 26.4 Å². The van der Waals surface area contributed by atoms with Crippen molar-refractivity contribution in [3.63, 3.8) is 0 Å². The summed E-state index contributed by atoms with van der Waals surface area (Å²) in [4.78, 5) is 15.3. The van der Waals surface area contributed by atoms with Gasteiger partial charge in [-0.15, -0.1) is 0 Å². The monoisotopic (exact) mass is 334 g/mol.